The van der Waals surface area contributed by atoms with Gasteiger partial charge in [0.05, 0.1) is 11.8 Å². The molecule has 2 saturated carbocycles. The van der Waals surface area contributed by atoms with Gasteiger partial charge in [-0.05, 0) is 73.1 Å². The van der Waals surface area contributed by atoms with Gasteiger partial charge in [-0.15, -0.1) is 0 Å². The topological polar surface area (TPSA) is 64.6 Å². The van der Waals surface area contributed by atoms with Crippen molar-refractivity contribution < 1.29 is 19.1 Å². The Morgan fingerprint density at radius 2 is 1.90 bits per heavy atom. The molecule has 1 aliphatic heterocycles. The minimum absolute atomic E-state index is 0.0466. The van der Waals surface area contributed by atoms with Crippen LogP contribution in [0, 0.1) is 30.6 Å². The Hall–Kier alpha value is -2.82. The van der Waals surface area contributed by atoms with Gasteiger partial charge in [-0.2, -0.15) is 0 Å². The van der Waals surface area contributed by atoms with E-state index in [9.17, 15) is 9.59 Å². The van der Waals surface area contributed by atoms with Crippen LogP contribution in [-0.4, -0.2) is 18.0 Å². The van der Waals surface area contributed by atoms with E-state index in [-0.39, 0.29) is 41.7 Å². The molecule has 0 radical (unpaired) electrons. The molecule has 5 atom stereocenters. The number of benzene rings is 2. The second kappa shape index (κ2) is 7.15. The highest BCUT2D eigenvalue weighted by Crippen LogP contribution is 2.57. The second-order valence-corrected chi connectivity index (χ2v) is 9.23. The Bertz CT molecular complexity index is 995. The van der Waals surface area contributed by atoms with E-state index < -0.39 is 0 Å². The summed E-state index contributed by atoms with van der Waals surface area (Å²) in [6.45, 7) is 6.34. The van der Waals surface area contributed by atoms with Gasteiger partial charge < -0.3 is 14.8 Å². The first-order valence-corrected chi connectivity index (χ1v) is 10.8. The molecule has 2 aromatic rings. The number of ether oxygens (including phenoxy) is 2. The Morgan fingerprint density at radius 1 is 1.13 bits per heavy atom. The van der Waals surface area contributed by atoms with Crippen molar-refractivity contribution in [2.24, 2.45) is 23.7 Å². The molecule has 1 heterocycles. The maximum Gasteiger partial charge on any atom is 0.310 e. The number of fused-ring (bicyclic) bond motifs is 1. The van der Waals surface area contributed by atoms with Crippen LogP contribution in [0.25, 0.3) is 0 Å². The largest absolute Gasteiger partial charge is 0.462 e. The van der Waals surface area contributed by atoms with Gasteiger partial charge >= 0.3 is 5.97 Å². The van der Waals surface area contributed by atoms with Crippen molar-refractivity contribution in [1.29, 1.82) is 0 Å². The Labute approximate surface area is 176 Å². The average Bonchev–Trinajstić information content (AvgIpc) is 3.32. The lowest BCUT2D eigenvalue weighted by atomic mass is 9.79. The summed E-state index contributed by atoms with van der Waals surface area (Å²) in [6, 6.07) is 13.7. The average molecular weight is 405 g/mol. The molecule has 2 bridgehead atoms. The van der Waals surface area contributed by atoms with Crippen molar-refractivity contribution in [2.45, 2.75) is 45.6 Å². The van der Waals surface area contributed by atoms with Gasteiger partial charge in [-0.25, -0.2) is 0 Å². The highest BCUT2D eigenvalue weighted by Gasteiger charge is 2.63. The summed E-state index contributed by atoms with van der Waals surface area (Å²) >= 11 is 0. The summed E-state index contributed by atoms with van der Waals surface area (Å²) in [4.78, 5) is 25.1. The van der Waals surface area contributed by atoms with Gasteiger partial charge in [0.25, 0.3) is 0 Å². The van der Waals surface area contributed by atoms with Crippen LogP contribution in [-0.2, 0) is 14.3 Å². The van der Waals surface area contributed by atoms with Gasteiger partial charge in [0, 0.05) is 11.6 Å². The SMILES string of the molecule is Cc1ccc(C(C)C)c(Oc2ccc(NC(=O)C3C4CC5OC(=O)C3C5C4)cc2)c1. The smallest absolute Gasteiger partial charge is 0.310 e. The van der Waals surface area contributed by atoms with Crippen molar-refractivity contribution >= 4 is 17.6 Å². The van der Waals surface area contributed by atoms with Crippen molar-refractivity contribution in [1.82, 2.24) is 0 Å². The molecule has 5 nitrogen and oxygen atoms in total. The first kappa shape index (κ1) is 19.2. The van der Waals surface area contributed by atoms with Crippen LogP contribution in [0.2, 0.25) is 0 Å². The van der Waals surface area contributed by atoms with Crippen LogP contribution in [0.4, 0.5) is 5.69 Å². The zero-order valence-corrected chi connectivity index (χ0v) is 17.6. The monoisotopic (exact) mass is 405 g/mol. The molecule has 1 N–H and O–H groups in total. The molecular formula is C25H27NO4. The third-order valence-corrected chi connectivity index (χ3v) is 6.93. The Balaban J connectivity index is 1.28. The van der Waals surface area contributed by atoms with Crippen molar-refractivity contribution in [3.63, 3.8) is 0 Å². The standard InChI is InChI=1S/C25H27NO4/c1-13(2)18-9-4-14(3)10-20(18)29-17-7-5-16(6-8-17)26-24(27)22-15-11-19-21(12-15)30-25(28)23(19)22/h4-10,13,15,19,21-23H,11-12H2,1-3H3,(H,26,27). The lowest BCUT2D eigenvalue weighted by molar-refractivity contribution is -0.145. The quantitative estimate of drug-likeness (QED) is 0.707. The van der Waals surface area contributed by atoms with Gasteiger partial charge in [0.1, 0.15) is 17.6 Å². The van der Waals surface area contributed by atoms with Gasteiger partial charge in [0.15, 0.2) is 0 Å². The first-order valence-electron chi connectivity index (χ1n) is 10.8. The van der Waals surface area contributed by atoms with Crippen LogP contribution in [0.1, 0.15) is 43.7 Å². The number of rotatable bonds is 5. The van der Waals surface area contributed by atoms with Crippen LogP contribution < -0.4 is 10.1 Å². The molecule has 1 amide bonds. The number of carbonyl (C=O) groups is 2. The number of esters is 1. The highest BCUT2D eigenvalue weighted by atomic mass is 16.6. The molecule has 2 aromatic carbocycles. The fourth-order valence-corrected chi connectivity index (χ4v) is 5.53. The van der Waals surface area contributed by atoms with E-state index in [1.807, 2.05) is 37.3 Å². The number of anilines is 1. The summed E-state index contributed by atoms with van der Waals surface area (Å²) in [5, 5.41) is 3.00. The molecule has 30 heavy (non-hydrogen) atoms. The summed E-state index contributed by atoms with van der Waals surface area (Å²) in [5.74, 6) is 1.66. The zero-order valence-electron chi connectivity index (χ0n) is 17.6. The molecular weight excluding hydrogens is 378 g/mol. The van der Waals surface area contributed by atoms with E-state index in [1.165, 1.54) is 0 Å². The summed E-state index contributed by atoms with van der Waals surface area (Å²) in [5.41, 5.74) is 3.03. The molecule has 156 valence electrons. The predicted octanol–water partition coefficient (Wildman–Crippen LogP) is 5.05. The van der Waals surface area contributed by atoms with Crippen LogP contribution in [0.15, 0.2) is 42.5 Å². The number of hydrogen-bond acceptors (Lipinski definition) is 4. The van der Waals surface area contributed by atoms with E-state index in [0.717, 1.165) is 35.5 Å². The molecule has 0 aromatic heterocycles. The number of carbonyl (C=O) groups excluding carboxylic acids is 2. The maximum absolute atomic E-state index is 12.9. The molecule has 0 spiro atoms. The molecule has 3 aliphatic rings. The maximum atomic E-state index is 12.9. The van der Waals surface area contributed by atoms with Crippen LogP contribution in [0.3, 0.4) is 0 Å². The summed E-state index contributed by atoms with van der Waals surface area (Å²) in [6.07, 6.45) is 1.80. The van der Waals surface area contributed by atoms with E-state index in [1.54, 1.807) is 0 Å². The zero-order chi connectivity index (χ0) is 21.0. The number of hydrogen-bond donors (Lipinski definition) is 1. The minimum atomic E-state index is -0.266. The lowest BCUT2D eigenvalue weighted by Gasteiger charge is -2.23. The first-order chi connectivity index (χ1) is 14.4. The normalized spacial score (nSPS) is 28.7. The van der Waals surface area contributed by atoms with Crippen molar-refractivity contribution in [3.8, 4) is 11.5 Å². The Morgan fingerprint density at radius 3 is 2.63 bits per heavy atom. The molecule has 1 saturated heterocycles. The Kier molecular flexibility index (Phi) is 4.57. The van der Waals surface area contributed by atoms with E-state index in [4.69, 9.17) is 9.47 Å². The van der Waals surface area contributed by atoms with E-state index >= 15 is 0 Å². The highest BCUT2D eigenvalue weighted by molar-refractivity contribution is 5.97. The van der Waals surface area contributed by atoms with Gasteiger partial charge in [-0.1, -0.05) is 26.0 Å². The molecule has 3 fully saturated rings. The number of aryl methyl sites for hydroxylation is 1. The third kappa shape index (κ3) is 3.17. The van der Waals surface area contributed by atoms with E-state index in [2.05, 4.69) is 31.3 Å². The van der Waals surface area contributed by atoms with Crippen molar-refractivity contribution in [2.75, 3.05) is 5.32 Å². The number of nitrogens with one attached hydrogen (secondary N) is 1. The van der Waals surface area contributed by atoms with Gasteiger partial charge in [-0.3, -0.25) is 9.59 Å². The third-order valence-electron chi connectivity index (χ3n) is 6.93. The minimum Gasteiger partial charge on any atom is -0.462 e. The van der Waals surface area contributed by atoms with E-state index in [0.29, 0.717) is 11.6 Å². The summed E-state index contributed by atoms with van der Waals surface area (Å²) < 4.78 is 11.6. The number of amides is 1. The molecule has 5 rings (SSSR count). The van der Waals surface area contributed by atoms with Gasteiger partial charge in [0.2, 0.25) is 5.91 Å². The lowest BCUT2D eigenvalue weighted by Crippen LogP contribution is -2.35. The van der Waals surface area contributed by atoms with Crippen molar-refractivity contribution in [3.05, 3.63) is 53.6 Å². The van der Waals surface area contributed by atoms with Crippen LogP contribution >= 0.6 is 0 Å². The second-order valence-electron chi connectivity index (χ2n) is 9.23. The van der Waals surface area contributed by atoms with Crippen LogP contribution in [0.5, 0.6) is 11.5 Å². The summed E-state index contributed by atoms with van der Waals surface area (Å²) in [7, 11) is 0. The molecule has 2 aliphatic carbocycles. The molecule has 5 heteroatoms. The molecule has 5 unspecified atom stereocenters. The fraction of sp³-hybridized carbons (Fsp3) is 0.440. The fourth-order valence-electron chi connectivity index (χ4n) is 5.53. The predicted molar refractivity (Wildman–Crippen MR) is 113 cm³/mol.